The van der Waals surface area contributed by atoms with E-state index in [0.717, 1.165) is 32.6 Å². The fourth-order valence-electron chi connectivity index (χ4n) is 2.33. The number of nitrogens with zero attached hydrogens (tertiary/aromatic N) is 1. The van der Waals surface area contributed by atoms with Crippen LogP contribution < -0.4 is 5.73 Å². The smallest absolute Gasteiger partial charge is 0.0484 e. The van der Waals surface area contributed by atoms with Gasteiger partial charge in [-0.3, -0.25) is 4.90 Å². The minimum atomic E-state index is 0.120. The molecule has 0 aromatic carbocycles. The van der Waals surface area contributed by atoms with Crippen LogP contribution in [0.2, 0.25) is 0 Å². The van der Waals surface area contributed by atoms with Crippen LogP contribution in [0.3, 0.4) is 0 Å². The molecule has 1 aromatic rings. The number of nitrogens with two attached hydrogens (primary N) is 1. The Morgan fingerprint density at radius 1 is 1.53 bits per heavy atom. The van der Waals surface area contributed by atoms with Crippen molar-refractivity contribution in [2.45, 2.75) is 24.9 Å². The summed E-state index contributed by atoms with van der Waals surface area (Å²) in [5.74, 6) is 0. The van der Waals surface area contributed by atoms with Gasteiger partial charge in [0.15, 0.2) is 0 Å². The average Bonchev–Trinajstić information content (AvgIpc) is 2.75. The lowest BCUT2D eigenvalue weighted by Crippen LogP contribution is -2.54. The molecule has 1 aliphatic rings. The fraction of sp³-hybridized carbons (Fsp3) is 0.667. The highest BCUT2D eigenvalue weighted by Gasteiger charge is 2.35. The number of ether oxygens (including phenoxy) is 1. The van der Waals surface area contributed by atoms with Crippen LogP contribution >= 0.6 is 27.3 Å². The number of hydrogen-bond acceptors (Lipinski definition) is 4. The van der Waals surface area contributed by atoms with Crippen LogP contribution in [0.25, 0.3) is 0 Å². The molecule has 2 N–H and O–H groups in total. The maximum atomic E-state index is 5.99. The second-order valence-corrected chi connectivity index (χ2v) is 6.54. The maximum absolute atomic E-state index is 5.99. The molecule has 1 aromatic heterocycles. The number of halogens is 1. The Hall–Kier alpha value is 0.0600. The highest BCUT2D eigenvalue weighted by Crippen LogP contribution is 2.29. The van der Waals surface area contributed by atoms with Gasteiger partial charge in [-0.1, -0.05) is 0 Å². The van der Waals surface area contributed by atoms with Crippen molar-refractivity contribution in [2.24, 2.45) is 5.73 Å². The summed E-state index contributed by atoms with van der Waals surface area (Å²) < 4.78 is 6.61. The maximum Gasteiger partial charge on any atom is 0.0484 e. The summed E-state index contributed by atoms with van der Waals surface area (Å²) in [6.07, 6.45) is 2.07. The third-order valence-corrected chi connectivity index (χ3v) is 5.31. The van der Waals surface area contributed by atoms with Gasteiger partial charge in [-0.2, -0.15) is 0 Å². The van der Waals surface area contributed by atoms with Crippen LogP contribution in [-0.4, -0.2) is 37.2 Å². The zero-order valence-corrected chi connectivity index (χ0v) is 12.5. The Kier molecular flexibility index (Phi) is 4.60. The predicted molar refractivity (Wildman–Crippen MR) is 75.3 cm³/mol. The normalized spacial score (nSPS) is 19.8. The molecule has 0 unspecified atom stereocenters. The van der Waals surface area contributed by atoms with Crippen LogP contribution in [0, 0.1) is 0 Å². The van der Waals surface area contributed by atoms with Gasteiger partial charge in [0.1, 0.15) is 0 Å². The zero-order valence-electron chi connectivity index (χ0n) is 10.1. The molecule has 0 amide bonds. The van der Waals surface area contributed by atoms with Gasteiger partial charge in [-0.15, -0.1) is 11.3 Å². The summed E-state index contributed by atoms with van der Waals surface area (Å²) in [7, 11) is 2.17. The van der Waals surface area contributed by atoms with Crippen LogP contribution in [0.1, 0.15) is 17.7 Å². The lowest BCUT2D eigenvalue weighted by Gasteiger charge is -2.43. The van der Waals surface area contributed by atoms with E-state index in [1.165, 1.54) is 9.35 Å². The van der Waals surface area contributed by atoms with E-state index in [1.807, 2.05) is 0 Å². The number of rotatable bonds is 4. The molecule has 3 nitrogen and oxygen atoms in total. The third-order valence-electron chi connectivity index (χ3n) is 3.63. The average molecular weight is 319 g/mol. The first-order valence-corrected chi connectivity index (χ1v) is 7.55. The second-order valence-electron chi connectivity index (χ2n) is 4.63. The van der Waals surface area contributed by atoms with Gasteiger partial charge in [-0.05, 0) is 41.9 Å². The Balaban J connectivity index is 2.04. The molecule has 0 atom stereocenters. The van der Waals surface area contributed by atoms with Crippen molar-refractivity contribution in [2.75, 3.05) is 26.8 Å². The second kappa shape index (κ2) is 5.80. The van der Waals surface area contributed by atoms with Gasteiger partial charge in [-0.25, -0.2) is 0 Å². The standard InChI is InChI=1S/C12H19BrN2OS/c1-15(7-11-6-10(13)8-17-11)12(9-14)2-4-16-5-3-12/h6,8H,2-5,7,9,14H2,1H3. The first kappa shape index (κ1) is 13.5. The quantitative estimate of drug-likeness (QED) is 0.926. The molecule has 0 saturated carbocycles. The van der Waals surface area contributed by atoms with E-state index >= 15 is 0 Å². The van der Waals surface area contributed by atoms with E-state index in [9.17, 15) is 0 Å². The van der Waals surface area contributed by atoms with Crippen LogP contribution in [0.5, 0.6) is 0 Å². The molecule has 96 valence electrons. The van der Waals surface area contributed by atoms with Crippen molar-refractivity contribution in [1.29, 1.82) is 0 Å². The van der Waals surface area contributed by atoms with Gasteiger partial charge in [0.2, 0.25) is 0 Å². The Morgan fingerprint density at radius 3 is 2.76 bits per heavy atom. The fourth-order valence-corrected chi connectivity index (χ4v) is 3.83. The monoisotopic (exact) mass is 318 g/mol. The number of thiophene rings is 1. The minimum absolute atomic E-state index is 0.120. The molecule has 0 bridgehead atoms. The Morgan fingerprint density at radius 2 is 2.24 bits per heavy atom. The van der Waals surface area contributed by atoms with Gasteiger partial charge < -0.3 is 10.5 Å². The SMILES string of the molecule is CN(Cc1cc(Br)cs1)C1(CN)CCOCC1. The van der Waals surface area contributed by atoms with Crippen molar-refractivity contribution in [3.8, 4) is 0 Å². The molecule has 0 aliphatic carbocycles. The van der Waals surface area contributed by atoms with E-state index in [4.69, 9.17) is 10.5 Å². The molecule has 1 aliphatic heterocycles. The Labute approximate surface area is 115 Å². The van der Waals surface area contributed by atoms with Crippen LogP contribution in [0.15, 0.2) is 15.9 Å². The van der Waals surface area contributed by atoms with Gasteiger partial charge in [0.25, 0.3) is 0 Å². The molecule has 2 heterocycles. The summed E-state index contributed by atoms with van der Waals surface area (Å²) in [5, 5.41) is 2.13. The molecular weight excluding hydrogens is 300 g/mol. The molecule has 1 fully saturated rings. The molecule has 5 heteroatoms. The molecule has 1 saturated heterocycles. The third kappa shape index (κ3) is 3.09. The van der Waals surface area contributed by atoms with E-state index in [-0.39, 0.29) is 5.54 Å². The predicted octanol–water partition coefficient (Wildman–Crippen LogP) is 2.45. The van der Waals surface area contributed by atoms with Crippen molar-refractivity contribution >= 4 is 27.3 Å². The van der Waals surface area contributed by atoms with Crippen molar-refractivity contribution in [3.05, 3.63) is 20.8 Å². The number of likely N-dealkylation sites (N-methyl/N-ethyl adjacent to an activating group) is 1. The molecule has 17 heavy (non-hydrogen) atoms. The summed E-state index contributed by atoms with van der Waals surface area (Å²) in [6.45, 7) is 3.33. The first-order chi connectivity index (χ1) is 8.16. The minimum Gasteiger partial charge on any atom is -0.381 e. The zero-order chi connectivity index (χ0) is 12.3. The van der Waals surface area contributed by atoms with Crippen molar-refractivity contribution < 1.29 is 4.74 Å². The van der Waals surface area contributed by atoms with Gasteiger partial charge in [0, 0.05) is 46.6 Å². The summed E-state index contributed by atoms with van der Waals surface area (Å²) >= 11 is 5.29. The van der Waals surface area contributed by atoms with Gasteiger partial charge >= 0.3 is 0 Å². The van der Waals surface area contributed by atoms with E-state index in [2.05, 4.69) is 39.3 Å². The largest absolute Gasteiger partial charge is 0.381 e. The van der Waals surface area contributed by atoms with Gasteiger partial charge in [0.05, 0.1) is 0 Å². The molecule has 0 radical (unpaired) electrons. The van der Waals surface area contributed by atoms with E-state index < -0.39 is 0 Å². The topological polar surface area (TPSA) is 38.5 Å². The summed E-state index contributed by atoms with van der Waals surface area (Å²) in [4.78, 5) is 3.77. The van der Waals surface area contributed by atoms with Crippen molar-refractivity contribution in [1.82, 2.24) is 4.90 Å². The summed E-state index contributed by atoms with van der Waals surface area (Å²) in [6, 6.07) is 2.19. The van der Waals surface area contributed by atoms with Crippen molar-refractivity contribution in [3.63, 3.8) is 0 Å². The summed E-state index contributed by atoms with van der Waals surface area (Å²) in [5.41, 5.74) is 6.11. The van der Waals surface area contributed by atoms with E-state index in [0.29, 0.717) is 6.54 Å². The lowest BCUT2D eigenvalue weighted by molar-refractivity contribution is -0.0160. The molecule has 0 spiro atoms. The van der Waals surface area contributed by atoms with Crippen LogP contribution in [-0.2, 0) is 11.3 Å². The number of hydrogen-bond donors (Lipinski definition) is 1. The highest BCUT2D eigenvalue weighted by molar-refractivity contribution is 9.10. The molecule has 2 rings (SSSR count). The molecular formula is C12H19BrN2OS. The van der Waals surface area contributed by atoms with E-state index in [1.54, 1.807) is 11.3 Å². The van der Waals surface area contributed by atoms with Crippen LogP contribution in [0.4, 0.5) is 0 Å². The lowest BCUT2D eigenvalue weighted by atomic mass is 9.88. The first-order valence-electron chi connectivity index (χ1n) is 5.88. The highest BCUT2D eigenvalue weighted by atomic mass is 79.9. The Bertz CT molecular complexity index is 363.